The molecule has 0 bridgehead atoms. The molecular formula is C34H33NSi. The predicted molar refractivity (Wildman–Crippen MR) is 159 cm³/mol. The van der Waals surface area contributed by atoms with Crippen LogP contribution in [0.4, 0.5) is 11.4 Å². The number of hydrogen-bond acceptors (Lipinski definition) is 1. The maximum Gasteiger partial charge on any atom is 0.179 e. The van der Waals surface area contributed by atoms with Crippen LogP contribution in [0, 0.1) is 6.92 Å². The highest BCUT2D eigenvalue weighted by atomic mass is 28.3. The zero-order chi connectivity index (χ0) is 25.0. The molecule has 0 heterocycles. The molecule has 178 valence electrons. The maximum absolute atomic E-state index is 2.49. The van der Waals surface area contributed by atoms with Crippen molar-refractivity contribution in [2.24, 2.45) is 0 Å². The standard InChI is InChI=1S/C34H33NSi/c1-27(2)35(30-15-13-14-28(3)26-30)29-22-24-34(25-23-29)36(31-16-7-4-8-17-31,32-18-9-5-10-19-32)33-20-11-6-12-21-33/h4-27H,1-3H3. The van der Waals surface area contributed by atoms with Gasteiger partial charge >= 0.3 is 0 Å². The summed E-state index contributed by atoms with van der Waals surface area (Å²) in [5.74, 6) is 0. The van der Waals surface area contributed by atoms with Gasteiger partial charge in [-0.25, -0.2) is 0 Å². The minimum atomic E-state index is -2.49. The fourth-order valence-electron chi connectivity index (χ4n) is 5.46. The summed E-state index contributed by atoms with van der Waals surface area (Å²) in [6, 6.07) is 51.8. The van der Waals surface area contributed by atoms with Gasteiger partial charge in [0, 0.05) is 17.4 Å². The molecule has 0 spiro atoms. The summed E-state index contributed by atoms with van der Waals surface area (Å²) in [7, 11) is -2.49. The van der Waals surface area contributed by atoms with Gasteiger partial charge in [0.2, 0.25) is 0 Å². The van der Waals surface area contributed by atoms with Gasteiger partial charge in [0.15, 0.2) is 8.07 Å². The van der Waals surface area contributed by atoms with Crippen molar-refractivity contribution >= 4 is 40.2 Å². The number of rotatable bonds is 7. The van der Waals surface area contributed by atoms with E-state index in [4.69, 9.17) is 0 Å². The van der Waals surface area contributed by atoms with Crippen molar-refractivity contribution in [3.05, 3.63) is 145 Å². The lowest BCUT2D eigenvalue weighted by Crippen LogP contribution is -2.74. The van der Waals surface area contributed by atoms with Crippen molar-refractivity contribution in [3.8, 4) is 0 Å². The van der Waals surface area contributed by atoms with Crippen molar-refractivity contribution < 1.29 is 0 Å². The number of benzene rings is 5. The largest absolute Gasteiger partial charge is 0.339 e. The Morgan fingerprint density at radius 3 is 1.33 bits per heavy atom. The molecule has 0 saturated carbocycles. The Morgan fingerprint density at radius 1 is 0.472 bits per heavy atom. The van der Waals surface area contributed by atoms with Crippen molar-refractivity contribution in [1.82, 2.24) is 0 Å². The third-order valence-electron chi connectivity index (χ3n) is 7.00. The Labute approximate surface area is 216 Å². The second-order valence-electron chi connectivity index (χ2n) is 9.70. The molecule has 0 saturated heterocycles. The SMILES string of the molecule is Cc1cccc(N(c2ccc([Si](c3ccccc3)(c3ccccc3)c3ccccc3)cc2)C(C)C)c1. The van der Waals surface area contributed by atoms with Crippen LogP contribution in [0.3, 0.4) is 0 Å². The van der Waals surface area contributed by atoms with E-state index in [0.717, 1.165) is 0 Å². The Kier molecular flexibility index (Phi) is 6.88. The minimum Gasteiger partial charge on any atom is -0.339 e. The molecule has 0 atom stereocenters. The highest BCUT2D eigenvalue weighted by molar-refractivity contribution is 7.19. The van der Waals surface area contributed by atoms with Gasteiger partial charge in [0.1, 0.15) is 0 Å². The molecule has 1 nitrogen and oxygen atoms in total. The molecular weight excluding hydrogens is 450 g/mol. The Morgan fingerprint density at radius 2 is 0.917 bits per heavy atom. The summed E-state index contributed by atoms with van der Waals surface area (Å²) in [5.41, 5.74) is 3.73. The molecule has 5 rings (SSSR count). The molecule has 36 heavy (non-hydrogen) atoms. The summed E-state index contributed by atoms with van der Waals surface area (Å²) in [5, 5.41) is 5.58. The molecule has 2 heteroatoms. The second kappa shape index (κ2) is 10.4. The van der Waals surface area contributed by atoms with Crippen molar-refractivity contribution in [3.63, 3.8) is 0 Å². The third-order valence-corrected chi connectivity index (χ3v) is 11.8. The Bertz CT molecular complexity index is 1300. The van der Waals surface area contributed by atoms with E-state index >= 15 is 0 Å². The van der Waals surface area contributed by atoms with Gasteiger partial charge in [-0.15, -0.1) is 0 Å². The molecule has 5 aromatic carbocycles. The normalized spacial score (nSPS) is 11.4. The number of nitrogens with zero attached hydrogens (tertiary/aromatic N) is 1. The maximum atomic E-state index is 2.42. The van der Waals surface area contributed by atoms with E-state index in [1.165, 1.54) is 37.7 Å². The lowest BCUT2D eigenvalue weighted by atomic mass is 10.1. The van der Waals surface area contributed by atoms with Crippen molar-refractivity contribution in [1.29, 1.82) is 0 Å². The second-order valence-corrected chi connectivity index (χ2v) is 13.5. The topological polar surface area (TPSA) is 3.24 Å². The predicted octanol–water partition coefficient (Wildman–Crippen LogP) is 5.92. The molecule has 0 aliphatic heterocycles. The first-order valence-electron chi connectivity index (χ1n) is 12.7. The van der Waals surface area contributed by atoms with Gasteiger partial charge in [0.05, 0.1) is 0 Å². The highest BCUT2D eigenvalue weighted by Crippen LogP contribution is 2.28. The number of anilines is 2. The van der Waals surface area contributed by atoms with Gasteiger partial charge in [0.25, 0.3) is 0 Å². The first kappa shape index (κ1) is 23.8. The summed E-state index contributed by atoms with van der Waals surface area (Å²) >= 11 is 0. The average Bonchev–Trinajstić information content (AvgIpc) is 2.92. The molecule has 0 amide bonds. The van der Waals surface area contributed by atoms with Crippen LogP contribution in [-0.4, -0.2) is 14.1 Å². The molecule has 0 aliphatic carbocycles. The molecule has 0 unspecified atom stereocenters. The third kappa shape index (κ3) is 4.41. The summed E-state index contributed by atoms with van der Waals surface area (Å²) in [6.45, 7) is 6.67. The molecule has 0 N–H and O–H groups in total. The molecule has 0 fully saturated rings. The first-order chi connectivity index (χ1) is 17.6. The van der Waals surface area contributed by atoms with Crippen molar-refractivity contribution in [2.45, 2.75) is 26.8 Å². The van der Waals surface area contributed by atoms with Gasteiger partial charge < -0.3 is 4.90 Å². The van der Waals surface area contributed by atoms with E-state index in [9.17, 15) is 0 Å². The quantitative estimate of drug-likeness (QED) is 0.205. The fraction of sp³-hybridized carbons (Fsp3) is 0.118. The van der Waals surface area contributed by atoms with Crippen molar-refractivity contribution in [2.75, 3.05) is 4.90 Å². The fourth-order valence-corrected chi connectivity index (χ4v) is 10.2. The van der Waals surface area contributed by atoms with E-state index < -0.39 is 8.07 Å². The zero-order valence-electron chi connectivity index (χ0n) is 21.3. The van der Waals surface area contributed by atoms with Crippen LogP contribution in [-0.2, 0) is 0 Å². The Hall–Kier alpha value is -3.88. The van der Waals surface area contributed by atoms with Crippen LogP contribution in [0.15, 0.2) is 140 Å². The summed E-state index contributed by atoms with van der Waals surface area (Å²) < 4.78 is 0. The highest BCUT2D eigenvalue weighted by Gasteiger charge is 2.41. The number of hydrogen-bond donors (Lipinski definition) is 0. The molecule has 0 aliphatic rings. The zero-order valence-corrected chi connectivity index (χ0v) is 22.3. The average molecular weight is 484 g/mol. The Balaban J connectivity index is 1.72. The van der Waals surface area contributed by atoms with Crippen LogP contribution >= 0.6 is 0 Å². The number of aryl methyl sites for hydroxylation is 1. The van der Waals surface area contributed by atoms with Crippen LogP contribution in [0.2, 0.25) is 0 Å². The van der Waals surface area contributed by atoms with E-state index in [-0.39, 0.29) is 0 Å². The van der Waals surface area contributed by atoms with Crippen LogP contribution in [0.5, 0.6) is 0 Å². The van der Waals surface area contributed by atoms with Gasteiger partial charge in [-0.05, 0) is 71.3 Å². The summed E-state index contributed by atoms with van der Waals surface area (Å²) in [6.07, 6.45) is 0. The van der Waals surface area contributed by atoms with E-state index in [1.54, 1.807) is 0 Å². The molecule has 5 aromatic rings. The molecule has 0 radical (unpaired) electrons. The lowest BCUT2D eigenvalue weighted by molar-refractivity contribution is 0.788. The van der Waals surface area contributed by atoms with Gasteiger partial charge in [-0.3, -0.25) is 0 Å². The van der Waals surface area contributed by atoms with Gasteiger partial charge in [-0.1, -0.05) is 115 Å². The lowest BCUT2D eigenvalue weighted by Gasteiger charge is -2.35. The van der Waals surface area contributed by atoms with E-state index in [2.05, 4.69) is 165 Å². The first-order valence-corrected chi connectivity index (χ1v) is 14.7. The van der Waals surface area contributed by atoms with E-state index in [1.807, 2.05) is 0 Å². The van der Waals surface area contributed by atoms with Gasteiger partial charge in [-0.2, -0.15) is 0 Å². The van der Waals surface area contributed by atoms with Crippen LogP contribution in [0.1, 0.15) is 19.4 Å². The molecule has 0 aromatic heterocycles. The summed E-state index contributed by atoms with van der Waals surface area (Å²) in [4.78, 5) is 2.42. The minimum absolute atomic E-state index is 0.344. The van der Waals surface area contributed by atoms with Crippen LogP contribution in [0.25, 0.3) is 0 Å². The smallest absolute Gasteiger partial charge is 0.179 e. The van der Waals surface area contributed by atoms with E-state index in [0.29, 0.717) is 6.04 Å². The monoisotopic (exact) mass is 483 g/mol. The van der Waals surface area contributed by atoms with Crippen LogP contribution < -0.4 is 25.6 Å².